The van der Waals surface area contributed by atoms with Crippen LogP contribution in [0.1, 0.15) is 27.4 Å². The molecule has 0 spiro atoms. The zero-order valence-corrected chi connectivity index (χ0v) is 16.0. The molecule has 1 aromatic heterocycles. The lowest BCUT2D eigenvalue weighted by molar-refractivity contribution is 0.0992. The van der Waals surface area contributed by atoms with Crippen LogP contribution >= 0.6 is 0 Å². The van der Waals surface area contributed by atoms with E-state index < -0.39 is 0 Å². The number of carbonyl (C=O) groups excluding carboxylic acids is 1. The van der Waals surface area contributed by atoms with Gasteiger partial charge in [-0.25, -0.2) is 0 Å². The predicted molar refractivity (Wildman–Crippen MR) is 109 cm³/mol. The maximum atomic E-state index is 12.3. The Labute approximate surface area is 164 Å². The zero-order valence-electron chi connectivity index (χ0n) is 16.0. The fourth-order valence-corrected chi connectivity index (χ4v) is 2.77. The Hall–Kier alpha value is -3.47. The van der Waals surface area contributed by atoms with Crippen LogP contribution in [0.25, 0.3) is 0 Å². The van der Waals surface area contributed by atoms with Crippen molar-refractivity contribution in [3.05, 3.63) is 89.9 Å². The van der Waals surface area contributed by atoms with Crippen molar-refractivity contribution in [1.82, 2.24) is 0 Å². The number of anilines is 1. The summed E-state index contributed by atoms with van der Waals surface area (Å²) in [6.07, 6.45) is 2.59. The van der Waals surface area contributed by atoms with E-state index in [4.69, 9.17) is 13.9 Å². The largest absolute Gasteiger partial charge is 0.493 e. The number of amides is 1. The van der Waals surface area contributed by atoms with Crippen molar-refractivity contribution in [2.24, 2.45) is 0 Å². The van der Waals surface area contributed by atoms with E-state index >= 15 is 0 Å². The van der Waals surface area contributed by atoms with Gasteiger partial charge in [-0.15, -0.1) is 6.58 Å². The first-order valence-corrected chi connectivity index (χ1v) is 8.96. The first kappa shape index (κ1) is 19.3. The van der Waals surface area contributed by atoms with Crippen LogP contribution < -0.4 is 14.8 Å². The highest BCUT2D eigenvalue weighted by molar-refractivity contribution is 6.02. The average Bonchev–Trinajstić information content (AvgIpc) is 3.16. The molecule has 3 aromatic rings. The minimum absolute atomic E-state index is 0.189. The van der Waals surface area contributed by atoms with Gasteiger partial charge in [0.1, 0.15) is 12.4 Å². The monoisotopic (exact) mass is 377 g/mol. The van der Waals surface area contributed by atoms with E-state index in [0.717, 1.165) is 23.2 Å². The van der Waals surface area contributed by atoms with Gasteiger partial charge in [-0.05, 0) is 60.9 Å². The number of carbonyl (C=O) groups is 1. The molecule has 0 atom stereocenters. The van der Waals surface area contributed by atoms with Gasteiger partial charge in [0.15, 0.2) is 17.3 Å². The van der Waals surface area contributed by atoms with E-state index in [9.17, 15) is 4.79 Å². The van der Waals surface area contributed by atoms with Crippen LogP contribution in [0.3, 0.4) is 0 Å². The van der Waals surface area contributed by atoms with Crippen LogP contribution in [0.5, 0.6) is 11.5 Å². The van der Waals surface area contributed by atoms with Gasteiger partial charge in [0.2, 0.25) is 0 Å². The minimum Gasteiger partial charge on any atom is -0.493 e. The first-order chi connectivity index (χ1) is 13.6. The molecular weight excluding hydrogens is 354 g/mol. The third kappa shape index (κ3) is 4.82. The number of ether oxygens (including phenoxy) is 2. The summed E-state index contributed by atoms with van der Waals surface area (Å²) in [5, 5.41) is 2.82. The van der Waals surface area contributed by atoms with Crippen LogP contribution in [-0.4, -0.2) is 13.0 Å². The van der Waals surface area contributed by atoms with E-state index in [1.807, 2.05) is 55.5 Å². The smallest absolute Gasteiger partial charge is 0.291 e. The Balaban J connectivity index is 1.63. The molecule has 1 heterocycles. The number of hydrogen-bond acceptors (Lipinski definition) is 4. The number of methoxy groups -OCH3 is 1. The minimum atomic E-state index is -0.303. The van der Waals surface area contributed by atoms with E-state index in [1.54, 1.807) is 19.2 Å². The maximum Gasteiger partial charge on any atom is 0.291 e. The predicted octanol–water partition coefficient (Wildman–Crippen LogP) is 5.16. The Morgan fingerprint density at radius 1 is 1.14 bits per heavy atom. The summed E-state index contributed by atoms with van der Waals surface area (Å²) < 4.78 is 16.8. The number of aryl methyl sites for hydroxylation is 1. The number of hydrogen-bond donors (Lipinski definition) is 1. The van der Waals surface area contributed by atoms with Gasteiger partial charge >= 0.3 is 0 Å². The van der Waals surface area contributed by atoms with Crippen molar-refractivity contribution in [3.63, 3.8) is 0 Å². The van der Waals surface area contributed by atoms with Crippen LogP contribution in [0.4, 0.5) is 5.69 Å². The van der Waals surface area contributed by atoms with Crippen molar-refractivity contribution in [2.45, 2.75) is 20.0 Å². The second-order valence-electron chi connectivity index (χ2n) is 6.36. The van der Waals surface area contributed by atoms with E-state index in [-0.39, 0.29) is 18.3 Å². The van der Waals surface area contributed by atoms with E-state index in [2.05, 4.69) is 11.9 Å². The molecule has 144 valence electrons. The van der Waals surface area contributed by atoms with Gasteiger partial charge in [0.05, 0.1) is 7.11 Å². The molecule has 2 aromatic carbocycles. The van der Waals surface area contributed by atoms with E-state index in [0.29, 0.717) is 17.3 Å². The molecule has 0 radical (unpaired) electrons. The highest BCUT2D eigenvalue weighted by atomic mass is 16.5. The molecule has 0 saturated heterocycles. The molecule has 0 bridgehead atoms. The third-order valence-corrected chi connectivity index (χ3v) is 4.14. The molecule has 28 heavy (non-hydrogen) atoms. The normalized spacial score (nSPS) is 10.4. The first-order valence-electron chi connectivity index (χ1n) is 8.96. The standard InChI is InChI=1S/C23H23NO4/c1-4-6-17-9-11-20(22(14-17)26-3)27-15-19-10-12-21(28-19)23(25)24-18-8-5-7-16(2)13-18/h4-5,7-14H,1,6,15H2,2-3H3,(H,24,25). The molecule has 1 N–H and O–H groups in total. The quantitative estimate of drug-likeness (QED) is 0.551. The van der Waals surface area contributed by atoms with Crippen molar-refractivity contribution >= 4 is 11.6 Å². The second-order valence-corrected chi connectivity index (χ2v) is 6.36. The lowest BCUT2D eigenvalue weighted by atomic mass is 10.1. The Bertz CT molecular complexity index is 974. The second kappa shape index (κ2) is 8.95. The van der Waals surface area contributed by atoms with Crippen LogP contribution in [-0.2, 0) is 13.0 Å². The molecule has 1 amide bonds. The number of furan rings is 1. The van der Waals surface area contributed by atoms with Crippen LogP contribution in [0, 0.1) is 6.92 Å². The van der Waals surface area contributed by atoms with Gasteiger partial charge in [-0.1, -0.05) is 24.3 Å². The van der Waals surface area contributed by atoms with Crippen molar-refractivity contribution < 1.29 is 18.7 Å². The highest BCUT2D eigenvalue weighted by Gasteiger charge is 2.13. The van der Waals surface area contributed by atoms with Gasteiger partial charge in [0.25, 0.3) is 5.91 Å². The average molecular weight is 377 g/mol. The molecule has 0 aliphatic rings. The Kier molecular flexibility index (Phi) is 6.17. The molecule has 5 heteroatoms. The summed E-state index contributed by atoms with van der Waals surface area (Å²) >= 11 is 0. The van der Waals surface area contributed by atoms with Gasteiger partial charge in [-0.2, -0.15) is 0 Å². The fraction of sp³-hybridized carbons (Fsp3) is 0.174. The summed E-state index contributed by atoms with van der Waals surface area (Å²) in [6, 6.07) is 16.7. The summed E-state index contributed by atoms with van der Waals surface area (Å²) in [6.45, 7) is 5.90. The lowest BCUT2D eigenvalue weighted by Crippen LogP contribution is -2.10. The molecular formula is C23H23NO4. The van der Waals surface area contributed by atoms with Crippen molar-refractivity contribution in [3.8, 4) is 11.5 Å². The zero-order chi connectivity index (χ0) is 19.9. The van der Waals surface area contributed by atoms with E-state index in [1.165, 1.54) is 0 Å². The van der Waals surface area contributed by atoms with Gasteiger partial charge in [-0.3, -0.25) is 4.79 Å². The Morgan fingerprint density at radius 2 is 2.00 bits per heavy atom. The summed E-state index contributed by atoms with van der Waals surface area (Å²) in [5.41, 5.74) is 2.88. The SMILES string of the molecule is C=CCc1ccc(OCc2ccc(C(=O)Nc3cccc(C)c3)o2)c(OC)c1. The Morgan fingerprint density at radius 3 is 2.75 bits per heavy atom. The molecule has 3 rings (SSSR count). The fourth-order valence-electron chi connectivity index (χ4n) is 2.77. The third-order valence-electron chi connectivity index (χ3n) is 4.14. The van der Waals surface area contributed by atoms with Crippen LogP contribution in [0.15, 0.2) is 71.7 Å². The van der Waals surface area contributed by atoms with Gasteiger partial charge < -0.3 is 19.2 Å². The molecule has 0 aliphatic heterocycles. The number of allylic oxidation sites excluding steroid dienone is 1. The van der Waals surface area contributed by atoms with Gasteiger partial charge in [0, 0.05) is 5.69 Å². The highest BCUT2D eigenvalue weighted by Crippen LogP contribution is 2.29. The molecule has 0 aliphatic carbocycles. The number of rotatable bonds is 8. The summed E-state index contributed by atoms with van der Waals surface area (Å²) in [5.74, 6) is 1.73. The number of nitrogens with one attached hydrogen (secondary N) is 1. The lowest BCUT2D eigenvalue weighted by Gasteiger charge is -2.11. The molecule has 5 nitrogen and oxygen atoms in total. The van der Waals surface area contributed by atoms with Crippen LogP contribution in [0.2, 0.25) is 0 Å². The number of benzene rings is 2. The summed E-state index contributed by atoms with van der Waals surface area (Å²) in [4.78, 5) is 12.3. The molecule has 0 saturated carbocycles. The maximum absolute atomic E-state index is 12.3. The van der Waals surface area contributed by atoms with Crippen molar-refractivity contribution in [2.75, 3.05) is 12.4 Å². The summed E-state index contributed by atoms with van der Waals surface area (Å²) in [7, 11) is 1.60. The van der Waals surface area contributed by atoms with Crippen molar-refractivity contribution in [1.29, 1.82) is 0 Å². The molecule has 0 unspecified atom stereocenters. The topological polar surface area (TPSA) is 60.7 Å². The molecule has 0 fully saturated rings.